The first-order chi connectivity index (χ1) is 25.5. The van der Waals surface area contributed by atoms with Crippen molar-refractivity contribution >= 4 is 11.4 Å². The van der Waals surface area contributed by atoms with Crippen molar-refractivity contribution in [1.82, 2.24) is 0 Å². The molecule has 0 saturated carbocycles. The second-order valence-electron chi connectivity index (χ2n) is 15.6. The zero-order valence-corrected chi connectivity index (χ0v) is 33.3. The molecule has 0 aliphatic carbocycles. The largest absolute Gasteiger partial charge is 0.399 e. The highest BCUT2D eigenvalue weighted by atomic mass is 14.5. The molecule has 2 nitrogen and oxygen atoms in total. The lowest BCUT2D eigenvalue weighted by Gasteiger charge is -2.23. The highest BCUT2D eigenvalue weighted by Crippen LogP contribution is 2.37. The first-order valence-corrected chi connectivity index (χ1v) is 21.4. The van der Waals surface area contributed by atoms with Gasteiger partial charge in [0.05, 0.1) is 0 Å². The second-order valence-corrected chi connectivity index (χ2v) is 15.6. The Morgan fingerprint density at radius 1 is 0.288 bits per heavy atom. The molecule has 0 radical (unpaired) electrons. The van der Waals surface area contributed by atoms with Gasteiger partial charge in [-0.05, 0) is 76.9 Å². The third kappa shape index (κ3) is 13.8. The quantitative estimate of drug-likeness (QED) is 0.0506. The van der Waals surface area contributed by atoms with Crippen LogP contribution in [-0.4, -0.2) is 0 Å². The van der Waals surface area contributed by atoms with Crippen molar-refractivity contribution in [3.8, 4) is 0 Å². The normalized spacial score (nSPS) is 13.2. The van der Waals surface area contributed by atoms with E-state index in [1.165, 1.54) is 162 Å². The Labute approximate surface area is 319 Å². The maximum atomic E-state index is 6.11. The molecule has 0 aromatic heterocycles. The number of benzene rings is 4. The molecule has 2 atom stereocenters. The van der Waals surface area contributed by atoms with E-state index in [1.54, 1.807) is 0 Å². The summed E-state index contributed by atoms with van der Waals surface area (Å²) >= 11 is 0. The molecule has 0 spiro atoms. The minimum atomic E-state index is 0.407. The van der Waals surface area contributed by atoms with Crippen molar-refractivity contribution in [2.75, 3.05) is 11.5 Å². The van der Waals surface area contributed by atoms with E-state index in [9.17, 15) is 0 Å². The smallest absolute Gasteiger partial charge is 0.0314 e. The van der Waals surface area contributed by atoms with Crippen LogP contribution in [0.5, 0.6) is 0 Å². The molecular weight excluding hydrogens is 629 g/mol. The van der Waals surface area contributed by atoms with Gasteiger partial charge in [-0.3, -0.25) is 0 Å². The predicted octanol–water partition coefficient (Wildman–Crippen LogP) is 15.1. The van der Waals surface area contributed by atoms with E-state index in [2.05, 4.69) is 118 Å². The summed E-state index contributed by atoms with van der Waals surface area (Å²) in [7, 11) is 0. The van der Waals surface area contributed by atoms with E-state index in [-0.39, 0.29) is 0 Å². The number of nitrogen functional groups attached to an aromatic ring is 2. The molecule has 2 heteroatoms. The summed E-state index contributed by atoms with van der Waals surface area (Å²) in [5, 5.41) is 0. The van der Waals surface area contributed by atoms with E-state index < -0.39 is 0 Å². The fourth-order valence-electron chi connectivity index (χ4n) is 8.16. The monoisotopic (exact) mass is 701 g/mol. The standard InChI is InChI=1S/C50H72N2/c1-4-7-10-12-14-16-19-22-49(44-32-36-46(51)37-33-44)42-28-24-40(25-29-42)48(21-18-9-6-3)41-26-30-43(31-27-41)50(45-34-38-47(52)39-35-45)23-20-17-15-13-11-8-5-2/h24-39,48-50H,4-23,51-52H2,1-3H3. The van der Waals surface area contributed by atoms with E-state index in [4.69, 9.17) is 11.5 Å². The Hall–Kier alpha value is -3.52. The molecule has 0 aliphatic rings. The van der Waals surface area contributed by atoms with Gasteiger partial charge in [-0.2, -0.15) is 0 Å². The second kappa shape index (κ2) is 23.9. The Morgan fingerprint density at radius 3 is 0.750 bits per heavy atom. The van der Waals surface area contributed by atoms with Crippen LogP contribution in [0.15, 0.2) is 97.1 Å². The van der Waals surface area contributed by atoms with Crippen LogP contribution in [0.4, 0.5) is 11.4 Å². The molecule has 4 aromatic carbocycles. The number of nitrogens with two attached hydrogens (primary N) is 2. The van der Waals surface area contributed by atoms with Gasteiger partial charge in [-0.15, -0.1) is 0 Å². The van der Waals surface area contributed by atoms with Gasteiger partial charge < -0.3 is 11.5 Å². The Bertz CT molecular complexity index is 1360. The van der Waals surface area contributed by atoms with Crippen LogP contribution in [0.25, 0.3) is 0 Å². The molecule has 2 unspecified atom stereocenters. The number of hydrogen-bond donors (Lipinski definition) is 2. The first-order valence-electron chi connectivity index (χ1n) is 21.4. The number of unbranched alkanes of at least 4 members (excludes halogenated alkanes) is 14. The third-order valence-electron chi connectivity index (χ3n) is 11.4. The van der Waals surface area contributed by atoms with Gasteiger partial charge in [0.2, 0.25) is 0 Å². The van der Waals surface area contributed by atoms with E-state index >= 15 is 0 Å². The molecule has 4 N–H and O–H groups in total. The van der Waals surface area contributed by atoms with Crippen LogP contribution < -0.4 is 11.5 Å². The van der Waals surface area contributed by atoms with E-state index in [0.29, 0.717) is 17.8 Å². The molecule has 0 bridgehead atoms. The zero-order chi connectivity index (χ0) is 36.8. The summed E-state index contributed by atoms with van der Waals surface area (Å²) in [5.41, 5.74) is 22.4. The summed E-state index contributed by atoms with van der Waals surface area (Å²) in [6.07, 6.45) is 26.1. The van der Waals surface area contributed by atoms with Gasteiger partial charge >= 0.3 is 0 Å². The number of hydrogen-bond acceptors (Lipinski definition) is 2. The summed E-state index contributed by atoms with van der Waals surface area (Å²) in [5.74, 6) is 1.22. The number of rotatable bonds is 26. The van der Waals surface area contributed by atoms with E-state index in [1.807, 2.05) is 0 Å². The van der Waals surface area contributed by atoms with Crippen molar-refractivity contribution in [1.29, 1.82) is 0 Å². The van der Waals surface area contributed by atoms with Crippen LogP contribution >= 0.6 is 0 Å². The SMILES string of the molecule is CCCCCCCCCC(c1ccc(N)cc1)c1ccc(C(CCCCC)c2ccc(C(CCCCCCCCC)c3ccc(N)cc3)cc2)cc1. The lowest BCUT2D eigenvalue weighted by Crippen LogP contribution is -2.06. The van der Waals surface area contributed by atoms with Gasteiger partial charge in [0, 0.05) is 29.1 Å². The molecule has 0 aliphatic heterocycles. The van der Waals surface area contributed by atoms with Crippen molar-refractivity contribution in [3.63, 3.8) is 0 Å². The molecule has 0 heterocycles. The summed E-state index contributed by atoms with van der Waals surface area (Å²) in [4.78, 5) is 0. The molecule has 0 amide bonds. The molecule has 0 saturated heterocycles. The highest BCUT2D eigenvalue weighted by Gasteiger charge is 2.20. The van der Waals surface area contributed by atoms with Gasteiger partial charge in [-0.1, -0.05) is 203 Å². The number of anilines is 2. The van der Waals surface area contributed by atoms with Crippen molar-refractivity contribution < 1.29 is 0 Å². The highest BCUT2D eigenvalue weighted by molar-refractivity contribution is 5.45. The summed E-state index contributed by atoms with van der Waals surface area (Å²) in [6.45, 7) is 6.90. The molecule has 282 valence electrons. The Balaban J connectivity index is 1.51. The molecular formula is C50H72N2. The average Bonchev–Trinajstić information content (AvgIpc) is 3.17. The fraction of sp³-hybridized carbons (Fsp3) is 0.520. The third-order valence-corrected chi connectivity index (χ3v) is 11.4. The lowest BCUT2D eigenvalue weighted by molar-refractivity contribution is 0.558. The first kappa shape index (κ1) is 41.2. The van der Waals surface area contributed by atoms with Gasteiger partial charge in [-0.25, -0.2) is 0 Å². The van der Waals surface area contributed by atoms with Crippen LogP contribution in [0.1, 0.15) is 200 Å². The van der Waals surface area contributed by atoms with Crippen LogP contribution in [0.3, 0.4) is 0 Å². The summed E-state index contributed by atoms with van der Waals surface area (Å²) in [6, 6.07) is 36.7. The van der Waals surface area contributed by atoms with Gasteiger partial charge in [0.25, 0.3) is 0 Å². The topological polar surface area (TPSA) is 52.0 Å². The maximum absolute atomic E-state index is 6.11. The summed E-state index contributed by atoms with van der Waals surface area (Å²) < 4.78 is 0. The van der Waals surface area contributed by atoms with Gasteiger partial charge in [0.1, 0.15) is 0 Å². The zero-order valence-electron chi connectivity index (χ0n) is 33.3. The minimum absolute atomic E-state index is 0.407. The maximum Gasteiger partial charge on any atom is 0.0314 e. The van der Waals surface area contributed by atoms with Crippen molar-refractivity contribution in [3.05, 3.63) is 130 Å². The Kier molecular flexibility index (Phi) is 19.0. The van der Waals surface area contributed by atoms with Gasteiger partial charge in [0.15, 0.2) is 0 Å². The van der Waals surface area contributed by atoms with Crippen LogP contribution in [0, 0.1) is 0 Å². The van der Waals surface area contributed by atoms with E-state index in [0.717, 1.165) is 11.4 Å². The molecule has 0 fully saturated rings. The average molecular weight is 701 g/mol. The fourth-order valence-corrected chi connectivity index (χ4v) is 8.16. The molecule has 52 heavy (non-hydrogen) atoms. The van der Waals surface area contributed by atoms with Crippen LogP contribution in [0.2, 0.25) is 0 Å². The van der Waals surface area contributed by atoms with Crippen molar-refractivity contribution in [2.45, 2.75) is 167 Å². The van der Waals surface area contributed by atoms with Crippen LogP contribution in [-0.2, 0) is 0 Å². The lowest BCUT2D eigenvalue weighted by atomic mass is 9.82. The Morgan fingerprint density at radius 2 is 0.481 bits per heavy atom. The predicted molar refractivity (Wildman–Crippen MR) is 229 cm³/mol. The van der Waals surface area contributed by atoms with Crippen molar-refractivity contribution in [2.24, 2.45) is 0 Å². The molecule has 4 rings (SSSR count). The molecule has 4 aromatic rings. The minimum Gasteiger partial charge on any atom is -0.399 e.